The van der Waals surface area contributed by atoms with Crippen molar-refractivity contribution in [3.8, 4) is 5.69 Å². The molecule has 0 aliphatic heterocycles. The second kappa shape index (κ2) is 4.00. The minimum Gasteiger partial charge on any atom is -0.232 e. The van der Waals surface area contributed by atoms with Crippen molar-refractivity contribution < 1.29 is 0 Å². The predicted octanol–water partition coefficient (Wildman–Crippen LogP) is 4.10. The molecule has 3 rings (SSSR count). The van der Waals surface area contributed by atoms with E-state index in [-0.39, 0.29) is 0 Å². The van der Waals surface area contributed by atoms with E-state index in [0.717, 1.165) is 21.2 Å². The van der Waals surface area contributed by atoms with E-state index in [1.54, 1.807) is 0 Å². The van der Waals surface area contributed by atoms with Crippen LogP contribution >= 0.6 is 15.9 Å². The molecule has 0 amide bonds. The lowest BCUT2D eigenvalue weighted by Gasteiger charge is -2.03. The van der Waals surface area contributed by atoms with Crippen LogP contribution in [0.15, 0.2) is 53.1 Å². The van der Waals surface area contributed by atoms with Crippen molar-refractivity contribution in [3.63, 3.8) is 0 Å². The smallest absolute Gasteiger partial charge is 0.136 e. The molecule has 84 valence electrons. The molecule has 2 nitrogen and oxygen atoms in total. The lowest BCUT2D eigenvalue weighted by Crippen LogP contribution is -1.95. The fourth-order valence-corrected chi connectivity index (χ4v) is 2.40. The molecule has 0 aliphatic carbocycles. The summed E-state index contributed by atoms with van der Waals surface area (Å²) in [5.74, 6) is 0. The van der Waals surface area contributed by atoms with Crippen LogP contribution in [0.5, 0.6) is 0 Å². The van der Waals surface area contributed by atoms with E-state index in [1.165, 1.54) is 5.56 Å². The maximum absolute atomic E-state index is 4.52. The highest BCUT2D eigenvalue weighted by molar-refractivity contribution is 9.10. The van der Waals surface area contributed by atoms with Crippen LogP contribution in [-0.2, 0) is 0 Å². The zero-order valence-corrected chi connectivity index (χ0v) is 11.0. The molecule has 1 aromatic heterocycles. The number of benzene rings is 2. The number of nitrogens with zero attached hydrogens (tertiary/aromatic N) is 2. The van der Waals surface area contributed by atoms with Crippen molar-refractivity contribution in [2.45, 2.75) is 6.92 Å². The van der Waals surface area contributed by atoms with Crippen molar-refractivity contribution in [3.05, 3.63) is 58.7 Å². The van der Waals surface area contributed by atoms with E-state index in [2.05, 4.69) is 64.4 Å². The van der Waals surface area contributed by atoms with Crippen molar-refractivity contribution >= 4 is 26.8 Å². The largest absolute Gasteiger partial charge is 0.232 e. The number of hydrogen-bond acceptors (Lipinski definition) is 1. The van der Waals surface area contributed by atoms with Crippen LogP contribution in [0, 0.1) is 6.92 Å². The highest BCUT2D eigenvalue weighted by Crippen LogP contribution is 2.25. The lowest BCUT2D eigenvalue weighted by atomic mass is 10.2. The molecule has 0 radical (unpaired) electrons. The summed E-state index contributed by atoms with van der Waals surface area (Å²) in [6.07, 6.45) is 0. The van der Waals surface area contributed by atoms with Gasteiger partial charge in [0.15, 0.2) is 0 Å². The summed E-state index contributed by atoms with van der Waals surface area (Å²) in [5.41, 5.74) is 3.45. The average molecular weight is 287 g/mol. The van der Waals surface area contributed by atoms with Gasteiger partial charge >= 0.3 is 0 Å². The standard InChI is InChI=1S/C14H11BrN2/c1-10-6-8-11(9-7-10)17-13-5-3-2-4-12(13)14(15)16-17/h2-9H,1H3. The summed E-state index contributed by atoms with van der Waals surface area (Å²) >= 11 is 3.50. The Labute approximate surface area is 108 Å². The third-order valence-corrected chi connectivity index (χ3v) is 3.41. The molecular weight excluding hydrogens is 276 g/mol. The van der Waals surface area contributed by atoms with Crippen molar-refractivity contribution in [2.24, 2.45) is 0 Å². The summed E-state index contributed by atoms with van der Waals surface area (Å²) < 4.78 is 2.84. The zero-order chi connectivity index (χ0) is 11.8. The van der Waals surface area contributed by atoms with Crippen LogP contribution in [0.3, 0.4) is 0 Å². The maximum atomic E-state index is 4.52. The van der Waals surface area contributed by atoms with E-state index in [1.807, 2.05) is 16.8 Å². The van der Waals surface area contributed by atoms with Gasteiger partial charge in [-0.15, -0.1) is 0 Å². The Bertz CT molecular complexity index is 668. The first kappa shape index (κ1) is 10.5. The average Bonchev–Trinajstić information content (AvgIpc) is 2.69. The van der Waals surface area contributed by atoms with E-state index < -0.39 is 0 Å². The molecular formula is C14H11BrN2. The molecule has 0 spiro atoms. The molecule has 0 aliphatic rings. The quantitative estimate of drug-likeness (QED) is 0.659. The van der Waals surface area contributed by atoms with Gasteiger partial charge < -0.3 is 0 Å². The molecule has 2 aromatic carbocycles. The maximum Gasteiger partial charge on any atom is 0.136 e. The fraction of sp³-hybridized carbons (Fsp3) is 0.0714. The van der Waals surface area contributed by atoms with Gasteiger partial charge in [-0.3, -0.25) is 0 Å². The Hall–Kier alpha value is -1.61. The van der Waals surface area contributed by atoms with Crippen molar-refractivity contribution in [1.82, 2.24) is 9.78 Å². The number of aromatic nitrogens is 2. The number of rotatable bonds is 1. The van der Waals surface area contributed by atoms with Gasteiger partial charge in [0.1, 0.15) is 4.60 Å². The molecule has 17 heavy (non-hydrogen) atoms. The molecule has 0 atom stereocenters. The normalized spacial score (nSPS) is 10.9. The Morgan fingerprint density at radius 3 is 2.47 bits per heavy atom. The second-order valence-corrected chi connectivity index (χ2v) is 4.81. The third-order valence-electron chi connectivity index (χ3n) is 2.82. The van der Waals surface area contributed by atoms with Gasteiger partial charge in [-0.1, -0.05) is 35.9 Å². The monoisotopic (exact) mass is 286 g/mol. The SMILES string of the molecule is Cc1ccc(-n2nc(Br)c3ccccc32)cc1. The first-order valence-electron chi connectivity index (χ1n) is 5.46. The number of para-hydroxylation sites is 1. The van der Waals surface area contributed by atoms with E-state index in [9.17, 15) is 0 Å². The Balaban J connectivity index is 2.27. The number of fused-ring (bicyclic) bond motifs is 1. The summed E-state index contributed by atoms with van der Waals surface area (Å²) in [5, 5.41) is 5.66. The van der Waals surface area contributed by atoms with E-state index in [4.69, 9.17) is 0 Å². The number of halogens is 1. The second-order valence-electron chi connectivity index (χ2n) is 4.06. The molecule has 3 heteroatoms. The van der Waals surface area contributed by atoms with Gasteiger partial charge in [-0.25, -0.2) is 4.68 Å². The number of aryl methyl sites for hydroxylation is 1. The highest BCUT2D eigenvalue weighted by Gasteiger charge is 2.08. The molecule has 0 saturated heterocycles. The molecule has 3 aromatic rings. The van der Waals surface area contributed by atoms with Gasteiger partial charge in [0, 0.05) is 5.39 Å². The summed E-state index contributed by atoms with van der Waals surface area (Å²) in [4.78, 5) is 0. The molecule has 0 saturated carbocycles. The van der Waals surface area contributed by atoms with Gasteiger partial charge in [0.05, 0.1) is 11.2 Å². The van der Waals surface area contributed by atoms with Crippen LogP contribution in [0.25, 0.3) is 16.6 Å². The van der Waals surface area contributed by atoms with E-state index >= 15 is 0 Å². The summed E-state index contributed by atoms with van der Waals surface area (Å²) in [7, 11) is 0. The predicted molar refractivity (Wildman–Crippen MR) is 73.5 cm³/mol. The molecule has 0 bridgehead atoms. The molecule has 0 fully saturated rings. The van der Waals surface area contributed by atoms with Crippen molar-refractivity contribution in [2.75, 3.05) is 0 Å². The topological polar surface area (TPSA) is 17.8 Å². The zero-order valence-electron chi connectivity index (χ0n) is 9.39. The van der Waals surface area contributed by atoms with Crippen LogP contribution in [-0.4, -0.2) is 9.78 Å². The van der Waals surface area contributed by atoms with Gasteiger partial charge in [0.25, 0.3) is 0 Å². The fourth-order valence-electron chi connectivity index (χ4n) is 1.91. The van der Waals surface area contributed by atoms with Gasteiger partial charge in [-0.2, -0.15) is 5.10 Å². The highest BCUT2D eigenvalue weighted by atomic mass is 79.9. The first-order chi connectivity index (χ1) is 8.25. The Kier molecular flexibility index (Phi) is 2.48. The minimum absolute atomic E-state index is 0.883. The van der Waals surface area contributed by atoms with Crippen LogP contribution in [0.4, 0.5) is 0 Å². The van der Waals surface area contributed by atoms with Crippen LogP contribution in [0.1, 0.15) is 5.56 Å². The minimum atomic E-state index is 0.883. The molecule has 0 N–H and O–H groups in total. The van der Waals surface area contributed by atoms with Gasteiger partial charge in [0.2, 0.25) is 0 Å². The molecule has 0 unspecified atom stereocenters. The third kappa shape index (κ3) is 1.76. The lowest BCUT2D eigenvalue weighted by molar-refractivity contribution is 0.898. The van der Waals surface area contributed by atoms with Gasteiger partial charge in [-0.05, 0) is 41.1 Å². The molecule has 1 heterocycles. The van der Waals surface area contributed by atoms with Crippen LogP contribution in [0.2, 0.25) is 0 Å². The van der Waals surface area contributed by atoms with E-state index in [0.29, 0.717) is 0 Å². The first-order valence-corrected chi connectivity index (χ1v) is 6.25. The Morgan fingerprint density at radius 1 is 1.00 bits per heavy atom. The van der Waals surface area contributed by atoms with Crippen LogP contribution < -0.4 is 0 Å². The van der Waals surface area contributed by atoms with Crippen molar-refractivity contribution in [1.29, 1.82) is 0 Å². The summed E-state index contributed by atoms with van der Waals surface area (Å²) in [6, 6.07) is 16.6. The number of hydrogen-bond donors (Lipinski definition) is 0. The Morgan fingerprint density at radius 2 is 1.71 bits per heavy atom. The summed E-state index contributed by atoms with van der Waals surface area (Å²) in [6.45, 7) is 2.08.